The van der Waals surface area contributed by atoms with Crippen LogP contribution in [0.2, 0.25) is 0 Å². The monoisotopic (exact) mass is 308 g/mol. The number of hydrogen-bond acceptors (Lipinski definition) is 4. The molecule has 0 aliphatic rings. The van der Waals surface area contributed by atoms with Crippen molar-refractivity contribution in [2.45, 2.75) is 46.3 Å². The third kappa shape index (κ3) is 6.47. The predicted molar refractivity (Wildman–Crippen MR) is 85.1 cm³/mol. The molecule has 1 atom stereocenters. The van der Waals surface area contributed by atoms with Crippen molar-refractivity contribution in [3.05, 3.63) is 24.3 Å². The van der Waals surface area contributed by atoms with Gasteiger partial charge in [0.2, 0.25) is 5.91 Å². The molecular weight excluding hydrogens is 284 g/mol. The van der Waals surface area contributed by atoms with Crippen LogP contribution < -0.4 is 15.4 Å². The average Bonchev–Trinajstić information content (AvgIpc) is 2.39. The van der Waals surface area contributed by atoms with Gasteiger partial charge in [-0.15, -0.1) is 0 Å². The summed E-state index contributed by atoms with van der Waals surface area (Å²) in [6.07, 6.45) is -0.623. The van der Waals surface area contributed by atoms with Gasteiger partial charge in [-0.2, -0.15) is 0 Å². The lowest BCUT2D eigenvalue weighted by Crippen LogP contribution is -2.43. The molecule has 0 spiro atoms. The minimum Gasteiger partial charge on any atom is -0.494 e. The van der Waals surface area contributed by atoms with Gasteiger partial charge in [0.1, 0.15) is 17.4 Å². The molecule has 0 aliphatic heterocycles. The molecule has 0 aromatic heterocycles. The van der Waals surface area contributed by atoms with Crippen molar-refractivity contribution in [3.8, 4) is 5.75 Å². The Balaban J connectivity index is 2.51. The molecule has 0 unspecified atom stereocenters. The summed E-state index contributed by atoms with van der Waals surface area (Å²) in [6.45, 7) is 9.36. The van der Waals surface area contributed by atoms with Crippen LogP contribution in [0.5, 0.6) is 5.75 Å². The molecule has 0 saturated heterocycles. The van der Waals surface area contributed by atoms with E-state index in [2.05, 4.69) is 10.6 Å². The van der Waals surface area contributed by atoms with Crippen LogP contribution >= 0.6 is 0 Å². The molecule has 6 nitrogen and oxygen atoms in total. The highest BCUT2D eigenvalue weighted by atomic mass is 16.6. The molecule has 1 aromatic carbocycles. The van der Waals surface area contributed by atoms with E-state index in [1.54, 1.807) is 52.0 Å². The van der Waals surface area contributed by atoms with Crippen molar-refractivity contribution in [3.63, 3.8) is 0 Å². The number of carbonyl (C=O) groups is 2. The minimum absolute atomic E-state index is 0.324. The van der Waals surface area contributed by atoms with Crippen LogP contribution in [0.3, 0.4) is 0 Å². The Bertz CT molecular complexity index is 506. The van der Waals surface area contributed by atoms with Crippen LogP contribution in [-0.2, 0) is 9.53 Å². The number of ether oxygens (including phenoxy) is 2. The smallest absolute Gasteiger partial charge is 0.408 e. The Labute approximate surface area is 131 Å². The Kier molecular flexibility index (Phi) is 6.22. The summed E-state index contributed by atoms with van der Waals surface area (Å²) in [5, 5.41) is 5.20. The molecule has 0 radical (unpaired) electrons. The SMILES string of the molecule is CCOc1ccc(NC(=O)[C@@H](C)NC(=O)OC(C)(C)C)cc1. The first kappa shape index (κ1) is 17.8. The Morgan fingerprint density at radius 2 is 1.77 bits per heavy atom. The Hall–Kier alpha value is -2.24. The number of anilines is 1. The molecule has 1 rings (SSSR count). The van der Waals surface area contributed by atoms with Crippen LogP contribution in [0.25, 0.3) is 0 Å². The van der Waals surface area contributed by atoms with Crippen molar-refractivity contribution in [1.82, 2.24) is 5.32 Å². The van der Waals surface area contributed by atoms with E-state index in [0.717, 1.165) is 5.75 Å². The van der Waals surface area contributed by atoms with Gasteiger partial charge in [-0.05, 0) is 58.9 Å². The van der Waals surface area contributed by atoms with Gasteiger partial charge in [0, 0.05) is 5.69 Å². The topological polar surface area (TPSA) is 76.7 Å². The fourth-order valence-corrected chi connectivity index (χ4v) is 1.60. The molecule has 122 valence electrons. The first-order chi connectivity index (χ1) is 10.2. The zero-order valence-corrected chi connectivity index (χ0v) is 13.7. The van der Waals surface area contributed by atoms with E-state index in [4.69, 9.17) is 9.47 Å². The highest BCUT2D eigenvalue weighted by Crippen LogP contribution is 2.15. The fourth-order valence-electron chi connectivity index (χ4n) is 1.60. The molecule has 2 amide bonds. The number of carbonyl (C=O) groups excluding carboxylic acids is 2. The number of alkyl carbamates (subject to hydrolysis) is 1. The van der Waals surface area contributed by atoms with E-state index in [1.807, 2.05) is 6.92 Å². The zero-order chi connectivity index (χ0) is 16.8. The molecular formula is C16H24N2O4. The second-order valence-corrected chi connectivity index (χ2v) is 5.81. The number of hydrogen-bond donors (Lipinski definition) is 2. The van der Waals surface area contributed by atoms with Crippen molar-refractivity contribution in [1.29, 1.82) is 0 Å². The molecule has 22 heavy (non-hydrogen) atoms. The first-order valence-electron chi connectivity index (χ1n) is 7.24. The second kappa shape index (κ2) is 7.68. The normalized spacial score (nSPS) is 12.2. The van der Waals surface area contributed by atoms with E-state index < -0.39 is 17.7 Å². The van der Waals surface area contributed by atoms with Gasteiger partial charge in [-0.25, -0.2) is 4.79 Å². The molecule has 0 bridgehead atoms. The third-order valence-electron chi connectivity index (χ3n) is 2.56. The van der Waals surface area contributed by atoms with Crippen molar-refractivity contribution in [2.24, 2.45) is 0 Å². The van der Waals surface area contributed by atoms with Crippen LogP contribution in [0, 0.1) is 0 Å². The summed E-state index contributed by atoms with van der Waals surface area (Å²) in [5.74, 6) is 0.412. The van der Waals surface area contributed by atoms with E-state index >= 15 is 0 Å². The standard InChI is InChI=1S/C16H24N2O4/c1-6-21-13-9-7-12(8-10-13)18-14(19)11(2)17-15(20)22-16(3,4)5/h7-11H,6H2,1-5H3,(H,17,20)(H,18,19)/t11-/m1/s1. The lowest BCUT2D eigenvalue weighted by Gasteiger charge is -2.21. The number of amides is 2. The zero-order valence-electron chi connectivity index (χ0n) is 13.7. The van der Waals surface area contributed by atoms with Gasteiger partial charge in [0.15, 0.2) is 0 Å². The van der Waals surface area contributed by atoms with Gasteiger partial charge in [0.25, 0.3) is 0 Å². The van der Waals surface area contributed by atoms with E-state index in [1.165, 1.54) is 0 Å². The van der Waals surface area contributed by atoms with Gasteiger partial charge in [-0.3, -0.25) is 4.79 Å². The maximum atomic E-state index is 12.0. The summed E-state index contributed by atoms with van der Waals surface area (Å²) < 4.78 is 10.4. The third-order valence-corrected chi connectivity index (χ3v) is 2.56. The molecule has 2 N–H and O–H groups in total. The van der Waals surface area contributed by atoms with E-state index in [0.29, 0.717) is 12.3 Å². The molecule has 0 saturated carbocycles. The average molecular weight is 308 g/mol. The Morgan fingerprint density at radius 1 is 1.18 bits per heavy atom. The number of benzene rings is 1. The van der Waals surface area contributed by atoms with Crippen LogP contribution in [-0.4, -0.2) is 30.3 Å². The van der Waals surface area contributed by atoms with Crippen molar-refractivity contribution in [2.75, 3.05) is 11.9 Å². The van der Waals surface area contributed by atoms with Crippen molar-refractivity contribution < 1.29 is 19.1 Å². The van der Waals surface area contributed by atoms with Crippen LogP contribution in [0.1, 0.15) is 34.6 Å². The first-order valence-corrected chi connectivity index (χ1v) is 7.24. The summed E-state index contributed by atoms with van der Waals surface area (Å²) in [5.41, 5.74) is 0.0290. The highest BCUT2D eigenvalue weighted by Gasteiger charge is 2.21. The van der Waals surface area contributed by atoms with E-state index in [9.17, 15) is 9.59 Å². The lowest BCUT2D eigenvalue weighted by molar-refractivity contribution is -0.117. The largest absolute Gasteiger partial charge is 0.494 e. The van der Waals surface area contributed by atoms with Crippen LogP contribution in [0.15, 0.2) is 24.3 Å². The van der Waals surface area contributed by atoms with Gasteiger partial charge in [0.05, 0.1) is 6.61 Å². The van der Waals surface area contributed by atoms with E-state index in [-0.39, 0.29) is 5.91 Å². The summed E-state index contributed by atoms with van der Waals surface area (Å²) in [6, 6.07) is 6.31. The second-order valence-electron chi connectivity index (χ2n) is 5.81. The Morgan fingerprint density at radius 3 is 2.27 bits per heavy atom. The predicted octanol–water partition coefficient (Wildman–Crippen LogP) is 2.94. The quantitative estimate of drug-likeness (QED) is 0.877. The fraction of sp³-hybridized carbons (Fsp3) is 0.500. The summed E-state index contributed by atoms with van der Waals surface area (Å²) >= 11 is 0. The van der Waals surface area contributed by atoms with Crippen LogP contribution in [0.4, 0.5) is 10.5 Å². The maximum Gasteiger partial charge on any atom is 0.408 e. The molecule has 0 aliphatic carbocycles. The summed E-state index contributed by atoms with van der Waals surface area (Å²) in [7, 11) is 0. The maximum absolute atomic E-state index is 12.0. The summed E-state index contributed by atoms with van der Waals surface area (Å²) in [4.78, 5) is 23.6. The van der Waals surface area contributed by atoms with Gasteiger partial charge in [-0.1, -0.05) is 0 Å². The van der Waals surface area contributed by atoms with Crippen molar-refractivity contribution >= 4 is 17.7 Å². The number of nitrogens with one attached hydrogen (secondary N) is 2. The number of rotatable bonds is 5. The molecule has 6 heteroatoms. The van der Waals surface area contributed by atoms with Gasteiger partial charge < -0.3 is 20.1 Å². The molecule has 1 aromatic rings. The minimum atomic E-state index is -0.707. The molecule has 0 heterocycles. The van der Waals surface area contributed by atoms with Gasteiger partial charge >= 0.3 is 6.09 Å². The highest BCUT2D eigenvalue weighted by molar-refractivity contribution is 5.96. The molecule has 0 fully saturated rings. The lowest BCUT2D eigenvalue weighted by atomic mass is 10.2.